The molecule has 0 radical (unpaired) electrons. The third-order valence-corrected chi connectivity index (χ3v) is 7.81. The third-order valence-electron chi connectivity index (χ3n) is 6.73. The Morgan fingerprint density at radius 2 is 1.91 bits per heavy atom. The number of amides is 1. The van der Waals surface area contributed by atoms with E-state index in [1.807, 2.05) is 55.6 Å². The number of benzene rings is 1. The third kappa shape index (κ3) is 4.39. The number of carbonyl (C=O) groups is 2. The van der Waals surface area contributed by atoms with Crippen LogP contribution in [0.1, 0.15) is 47.6 Å². The van der Waals surface area contributed by atoms with E-state index in [2.05, 4.69) is 15.6 Å². The second-order valence-corrected chi connectivity index (χ2v) is 9.88. The number of pyridine rings is 1. The van der Waals surface area contributed by atoms with Gasteiger partial charge in [-0.05, 0) is 73.0 Å². The fourth-order valence-electron chi connectivity index (χ4n) is 5.01. The van der Waals surface area contributed by atoms with Gasteiger partial charge < -0.3 is 15.4 Å². The van der Waals surface area contributed by atoms with E-state index in [0.717, 1.165) is 33.1 Å². The molecule has 7 heteroatoms. The predicted molar refractivity (Wildman–Crippen MR) is 138 cm³/mol. The number of dihydropyridines is 1. The molecule has 0 saturated heterocycles. The number of ketones is 1. The Morgan fingerprint density at radius 1 is 1.11 bits per heavy atom. The normalized spacial score (nSPS) is 19.8. The molecule has 3 heterocycles. The quantitative estimate of drug-likeness (QED) is 0.502. The number of Topliss-reactive ketones (excluding diaryl/α,β-unsaturated/α-hetero) is 1. The molecule has 1 aliphatic carbocycles. The maximum atomic E-state index is 13.7. The molecule has 35 heavy (non-hydrogen) atoms. The molecule has 0 spiro atoms. The van der Waals surface area contributed by atoms with Crippen LogP contribution in [0.3, 0.4) is 0 Å². The highest BCUT2D eigenvalue weighted by Gasteiger charge is 2.41. The summed E-state index contributed by atoms with van der Waals surface area (Å²) >= 11 is 1.59. The summed E-state index contributed by atoms with van der Waals surface area (Å²) in [5.74, 6) is 0.771. The van der Waals surface area contributed by atoms with Gasteiger partial charge in [0.25, 0.3) is 5.91 Å². The number of methoxy groups -OCH3 is 1. The summed E-state index contributed by atoms with van der Waals surface area (Å²) in [6.45, 7) is 3.94. The van der Waals surface area contributed by atoms with E-state index in [-0.39, 0.29) is 17.6 Å². The lowest BCUT2D eigenvalue weighted by Gasteiger charge is -2.36. The van der Waals surface area contributed by atoms with E-state index in [9.17, 15) is 9.59 Å². The molecule has 178 valence electrons. The molecule has 2 aliphatic rings. The summed E-state index contributed by atoms with van der Waals surface area (Å²) in [6, 6.07) is 15.3. The van der Waals surface area contributed by atoms with Crippen LogP contribution >= 0.6 is 11.3 Å². The molecular weight excluding hydrogens is 458 g/mol. The number of allylic oxidation sites excluding steroid dienone is 3. The van der Waals surface area contributed by atoms with Crippen LogP contribution in [0.4, 0.5) is 5.82 Å². The van der Waals surface area contributed by atoms with Gasteiger partial charge in [0.15, 0.2) is 5.78 Å². The minimum absolute atomic E-state index is 0.0708. The van der Waals surface area contributed by atoms with E-state index in [0.29, 0.717) is 29.8 Å². The maximum absolute atomic E-state index is 13.7. The van der Waals surface area contributed by atoms with Gasteiger partial charge in [-0.1, -0.05) is 18.2 Å². The van der Waals surface area contributed by atoms with Crippen molar-refractivity contribution in [2.75, 3.05) is 12.4 Å². The molecule has 0 fully saturated rings. The van der Waals surface area contributed by atoms with Crippen LogP contribution in [0.15, 0.2) is 82.6 Å². The topological polar surface area (TPSA) is 80.3 Å². The van der Waals surface area contributed by atoms with E-state index in [1.54, 1.807) is 36.8 Å². The first-order valence-corrected chi connectivity index (χ1v) is 12.5. The monoisotopic (exact) mass is 485 g/mol. The van der Waals surface area contributed by atoms with Gasteiger partial charge in [0, 0.05) is 40.0 Å². The Bertz CT molecular complexity index is 1340. The minimum atomic E-state index is -0.403. The molecule has 0 saturated carbocycles. The average Bonchev–Trinajstić information content (AvgIpc) is 3.29. The van der Waals surface area contributed by atoms with Gasteiger partial charge in [0.2, 0.25) is 0 Å². The molecule has 2 N–H and O–H groups in total. The second kappa shape index (κ2) is 9.50. The van der Waals surface area contributed by atoms with Crippen molar-refractivity contribution in [2.45, 2.75) is 38.5 Å². The maximum Gasteiger partial charge on any atom is 0.255 e. The van der Waals surface area contributed by atoms with Crippen molar-refractivity contribution in [3.8, 4) is 5.75 Å². The Labute approximate surface area is 208 Å². The van der Waals surface area contributed by atoms with Crippen molar-refractivity contribution in [1.82, 2.24) is 10.3 Å². The summed E-state index contributed by atoms with van der Waals surface area (Å²) in [7, 11) is 1.64. The van der Waals surface area contributed by atoms with Crippen molar-refractivity contribution < 1.29 is 14.3 Å². The van der Waals surface area contributed by atoms with Crippen LogP contribution in [0.2, 0.25) is 0 Å². The number of anilines is 1. The standard InChI is InChI=1S/C28H27N3O3S/c1-16-11-13-35-27(16)26-24(28(33)31-23-6-4-5-12-29-23)17(2)30-21-14-19(15-22(32)25(21)26)18-7-9-20(34-3)10-8-18/h4-13,19,26,30H,14-15H2,1-3H3,(H,29,31,33)/t19-,26+/m0/s1. The van der Waals surface area contributed by atoms with Crippen LogP contribution in [0.25, 0.3) is 0 Å². The number of ether oxygens (including phenoxy) is 1. The number of nitrogens with one attached hydrogen (secondary N) is 2. The summed E-state index contributed by atoms with van der Waals surface area (Å²) in [5.41, 5.74) is 5.13. The second-order valence-electron chi connectivity index (χ2n) is 8.93. The van der Waals surface area contributed by atoms with Crippen LogP contribution < -0.4 is 15.4 Å². The van der Waals surface area contributed by atoms with Crippen molar-refractivity contribution in [2.24, 2.45) is 0 Å². The lowest BCUT2D eigenvalue weighted by molar-refractivity contribution is -0.116. The number of aryl methyl sites for hydroxylation is 1. The first-order valence-electron chi connectivity index (χ1n) is 11.6. The summed E-state index contributed by atoms with van der Waals surface area (Å²) in [5, 5.41) is 8.37. The van der Waals surface area contributed by atoms with E-state index in [1.165, 1.54) is 0 Å². The Hall–Kier alpha value is -3.71. The molecule has 2 aromatic heterocycles. The van der Waals surface area contributed by atoms with E-state index < -0.39 is 5.92 Å². The molecule has 6 nitrogen and oxygen atoms in total. The van der Waals surface area contributed by atoms with Gasteiger partial charge in [-0.3, -0.25) is 9.59 Å². The molecule has 1 amide bonds. The van der Waals surface area contributed by atoms with Gasteiger partial charge in [-0.2, -0.15) is 0 Å². The molecule has 5 rings (SSSR count). The number of hydrogen-bond donors (Lipinski definition) is 2. The van der Waals surface area contributed by atoms with Gasteiger partial charge in [0.05, 0.1) is 13.0 Å². The zero-order chi connectivity index (χ0) is 24.5. The highest BCUT2D eigenvalue weighted by atomic mass is 32.1. The molecule has 0 bridgehead atoms. The average molecular weight is 486 g/mol. The van der Waals surface area contributed by atoms with Gasteiger partial charge in [-0.25, -0.2) is 4.98 Å². The van der Waals surface area contributed by atoms with Crippen LogP contribution in [-0.4, -0.2) is 23.8 Å². The number of thiophene rings is 1. The van der Waals surface area contributed by atoms with E-state index in [4.69, 9.17) is 4.74 Å². The molecule has 0 unspecified atom stereocenters. The molecule has 2 atom stereocenters. The molecule has 1 aliphatic heterocycles. The van der Waals surface area contributed by atoms with Crippen LogP contribution in [-0.2, 0) is 9.59 Å². The lowest BCUT2D eigenvalue weighted by Crippen LogP contribution is -2.37. The number of aromatic nitrogens is 1. The Kier molecular flexibility index (Phi) is 6.26. The molecule has 3 aromatic rings. The van der Waals surface area contributed by atoms with E-state index >= 15 is 0 Å². The minimum Gasteiger partial charge on any atom is -0.497 e. The zero-order valence-electron chi connectivity index (χ0n) is 19.9. The number of hydrogen-bond acceptors (Lipinski definition) is 6. The van der Waals surface area contributed by atoms with Crippen molar-refractivity contribution >= 4 is 28.8 Å². The van der Waals surface area contributed by atoms with Gasteiger partial charge >= 0.3 is 0 Å². The summed E-state index contributed by atoms with van der Waals surface area (Å²) < 4.78 is 5.29. The number of nitrogens with zero attached hydrogens (tertiary/aromatic N) is 1. The first kappa shape index (κ1) is 23.1. The van der Waals surface area contributed by atoms with Crippen molar-refractivity contribution in [3.63, 3.8) is 0 Å². The Balaban J connectivity index is 1.53. The van der Waals surface area contributed by atoms with Crippen molar-refractivity contribution in [1.29, 1.82) is 0 Å². The lowest BCUT2D eigenvalue weighted by atomic mass is 9.73. The number of rotatable bonds is 5. The first-order chi connectivity index (χ1) is 17.0. The summed E-state index contributed by atoms with van der Waals surface area (Å²) in [6.07, 6.45) is 2.75. The largest absolute Gasteiger partial charge is 0.497 e. The summed E-state index contributed by atoms with van der Waals surface area (Å²) in [4.78, 5) is 32.5. The predicted octanol–water partition coefficient (Wildman–Crippen LogP) is 5.46. The SMILES string of the molecule is COc1ccc([C@@H]2CC(=O)C3=C(C2)NC(C)=C(C(=O)Nc2ccccn2)[C@H]3c2sccc2C)cc1. The van der Waals surface area contributed by atoms with Crippen LogP contribution in [0.5, 0.6) is 5.75 Å². The van der Waals surface area contributed by atoms with Gasteiger partial charge in [-0.15, -0.1) is 11.3 Å². The van der Waals surface area contributed by atoms with Crippen LogP contribution in [0, 0.1) is 6.92 Å². The highest BCUT2D eigenvalue weighted by molar-refractivity contribution is 7.10. The smallest absolute Gasteiger partial charge is 0.255 e. The van der Waals surface area contributed by atoms with Gasteiger partial charge in [0.1, 0.15) is 11.6 Å². The fraction of sp³-hybridized carbons (Fsp3) is 0.250. The van der Waals surface area contributed by atoms with Crippen molar-refractivity contribution in [3.05, 3.63) is 98.7 Å². The highest BCUT2D eigenvalue weighted by Crippen LogP contribution is 2.47. The number of carbonyl (C=O) groups excluding carboxylic acids is 2. The zero-order valence-corrected chi connectivity index (χ0v) is 20.7. The molecule has 1 aromatic carbocycles. The molecular formula is C28H27N3O3S. The fourth-order valence-corrected chi connectivity index (χ4v) is 6.06. The Morgan fingerprint density at radius 3 is 2.57 bits per heavy atom.